The van der Waals surface area contributed by atoms with Gasteiger partial charge in [0.1, 0.15) is 0 Å². The van der Waals surface area contributed by atoms with E-state index in [0.717, 1.165) is 29.5 Å². The van der Waals surface area contributed by atoms with Crippen molar-refractivity contribution in [2.45, 2.75) is 25.9 Å². The molecule has 1 aromatic heterocycles. The summed E-state index contributed by atoms with van der Waals surface area (Å²) in [6.07, 6.45) is 3.32. The van der Waals surface area contributed by atoms with E-state index in [9.17, 15) is 13.2 Å². The van der Waals surface area contributed by atoms with E-state index in [4.69, 9.17) is 4.74 Å². The maximum Gasteiger partial charge on any atom is 0.261 e. The number of sulfonamides is 1. The predicted octanol–water partition coefficient (Wildman–Crippen LogP) is 2.60. The van der Waals surface area contributed by atoms with Crippen LogP contribution >= 0.6 is 11.3 Å². The van der Waals surface area contributed by atoms with Crippen LogP contribution in [0.2, 0.25) is 0 Å². The van der Waals surface area contributed by atoms with Gasteiger partial charge < -0.3 is 10.1 Å². The molecule has 3 rings (SSSR count). The van der Waals surface area contributed by atoms with Crippen molar-refractivity contribution in [2.75, 3.05) is 30.3 Å². The Morgan fingerprint density at radius 1 is 1.40 bits per heavy atom. The Bertz CT molecular complexity index is 870. The van der Waals surface area contributed by atoms with E-state index in [0.29, 0.717) is 23.7 Å². The number of anilines is 1. The molecule has 1 aliphatic heterocycles. The van der Waals surface area contributed by atoms with Gasteiger partial charge in [0.05, 0.1) is 22.9 Å². The number of carbonyl (C=O) groups excluding carboxylic acids is 1. The number of nitrogens with zero attached hydrogens (tertiary/aromatic N) is 1. The van der Waals surface area contributed by atoms with E-state index in [2.05, 4.69) is 5.32 Å². The van der Waals surface area contributed by atoms with Crippen molar-refractivity contribution in [2.24, 2.45) is 0 Å². The molecule has 0 radical (unpaired) electrons. The fourth-order valence-electron chi connectivity index (χ4n) is 3.01. The summed E-state index contributed by atoms with van der Waals surface area (Å²) in [5.41, 5.74) is 0.613. The third-order valence-electron chi connectivity index (χ3n) is 4.21. The van der Waals surface area contributed by atoms with Crippen LogP contribution < -0.4 is 9.62 Å². The van der Waals surface area contributed by atoms with Gasteiger partial charge in [-0.05, 0) is 49.4 Å². The SMILES string of the molecule is CCN(c1ccc2sc(C(=O)NC[C@@H]3CCCO3)cc2c1)S(C)(=O)=O. The number of hydrogen-bond acceptors (Lipinski definition) is 5. The number of nitrogens with one attached hydrogen (secondary N) is 1. The standard InChI is InChI=1S/C17H22N2O4S2/c1-3-19(25(2,21)22)13-6-7-15-12(9-13)10-16(24-15)17(20)18-11-14-5-4-8-23-14/h6-7,9-10,14H,3-5,8,11H2,1-2H3,(H,18,20)/t14-/m0/s1. The van der Waals surface area contributed by atoms with E-state index in [1.165, 1.54) is 21.9 Å². The minimum absolute atomic E-state index is 0.109. The molecule has 0 saturated carbocycles. The Hall–Kier alpha value is -1.64. The maximum atomic E-state index is 12.3. The summed E-state index contributed by atoms with van der Waals surface area (Å²) in [5, 5.41) is 3.78. The molecule has 1 aliphatic rings. The first-order valence-corrected chi connectivity index (χ1v) is 11.0. The molecule has 0 spiro atoms. The lowest BCUT2D eigenvalue weighted by atomic mass is 10.2. The van der Waals surface area contributed by atoms with E-state index < -0.39 is 10.0 Å². The number of hydrogen-bond donors (Lipinski definition) is 1. The highest BCUT2D eigenvalue weighted by molar-refractivity contribution is 7.92. The second-order valence-electron chi connectivity index (χ2n) is 6.11. The van der Waals surface area contributed by atoms with Crippen LogP contribution in [0, 0.1) is 0 Å². The molecule has 1 fully saturated rings. The minimum Gasteiger partial charge on any atom is -0.376 e. The number of amides is 1. The van der Waals surface area contributed by atoms with Crippen LogP contribution in [0.5, 0.6) is 0 Å². The van der Waals surface area contributed by atoms with Crippen molar-refractivity contribution in [3.63, 3.8) is 0 Å². The lowest BCUT2D eigenvalue weighted by Crippen LogP contribution is -2.31. The van der Waals surface area contributed by atoms with Gasteiger partial charge in [-0.2, -0.15) is 0 Å². The summed E-state index contributed by atoms with van der Waals surface area (Å²) in [6, 6.07) is 7.26. The number of rotatable bonds is 6. The molecule has 0 unspecified atom stereocenters. The second-order valence-corrected chi connectivity index (χ2v) is 9.10. The molecule has 2 aromatic rings. The normalized spacial score (nSPS) is 17.8. The van der Waals surface area contributed by atoms with Crippen molar-refractivity contribution >= 4 is 43.0 Å². The fourth-order valence-corrected chi connectivity index (χ4v) is 4.93. The Balaban J connectivity index is 1.78. The number of fused-ring (bicyclic) bond motifs is 1. The van der Waals surface area contributed by atoms with Crippen LogP contribution in [0.3, 0.4) is 0 Å². The summed E-state index contributed by atoms with van der Waals surface area (Å²) >= 11 is 1.40. The van der Waals surface area contributed by atoms with Gasteiger partial charge in [0.2, 0.25) is 10.0 Å². The third kappa shape index (κ3) is 4.13. The summed E-state index contributed by atoms with van der Waals surface area (Å²) in [6.45, 7) is 3.45. The minimum atomic E-state index is -3.32. The number of carbonyl (C=O) groups is 1. The van der Waals surface area contributed by atoms with Gasteiger partial charge >= 0.3 is 0 Å². The van der Waals surface area contributed by atoms with Crippen LogP contribution in [0.4, 0.5) is 5.69 Å². The van der Waals surface area contributed by atoms with Gasteiger partial charge in [0, 0.05) is 24.4 Å². The van der Waals surface area contributed by atoms with Gasteiger partial charge in [0.25, 0.3) is 5.91 Å². The summed E-state index contributed by atoms with van der Waals surface area (Å²) < 4.78 is 31.6. The van der Waals surface area contributed by atoms with Crippen LogP contribution in [0.1, 0.15) is 29.4 Å². The van der Waals surface area contributed by atoms with E-state index >= 15 is 0 Å². The van der Waals surface area contributed by atoms with E-state index in [1.807, 2.05) is 18.2 Å². The molecular formula is C17H22N2O4S2. The molecule has 6 nitrogen and oxygen atoms in total. The average molecular weight is 383 g/mol. The highest BCUT2D eigenvalue weighted by Gasteiger charge is 2.19. The average Bonchev–Trinajstić information content (AvgIpc) is 3.20. The molecule has 0 bridgehead atoms. The Kier molecular flexibility index (Phi) is 5.31. The number of ether oxygens (including phenoxy) is 1. The molecule has 136 valence electrons. The van der Waals surface area contributed by atoms with Crippen molar-refractivity contribution < 1.29 is 17.9 Å². The van der Waals surface area contributed by atoms with Gasteiger partial charge in [-0.15, -0.1) is 11.3 Å². The molecule has 0 aliphatic carbocycles. The highest BCUT2D eigenvalue weighted by Crippen LogP contribution is 2.30. The molecule has 1 amide bonds. The quantitative estimate of drug-likeness (QED) is 0.833. The summed E-state index contributed by atoms with van der Waals surface area (Å²) in [5.74, 6) is -0.117. The summed E-state index contributed by atoms with van der Waals surface area (Å²) in [4.78, 5) is 13.0. The smallest absolute Gasteiger partial charge is 0.261 e. The Morgan fingerprint density at radius 2 is 2.20 bits per heavy atom. The molecule has 2 heterocycles. The topological polar surface area (TPSA) is 75.7 Å². The molecular weight excluding hydrogens is 360 g/mol. The zero-order valence-corrected chi connectivity index (χ0v) is 16.0. The number of benzene rings is 1. The van der Waals surface area contributed by atoms with Crippen LogP contribution in [-0.2, 0) is 14.8 Å². The van der Waals surface area contributed by atoms with Gasteiger partial charge in [-0.25, -0.2) is 8.42 Å². The van der Waals surface area contributed by atoms with Gasteiger partial charge in [-0.3, -0.25) is 9.10 Å². The lowest BCUT2D eigenvalue weighted by Gasteiger charge is -2.20. The first kappa shape index (κ1) is 18.2. The maximum absolute atomic E-state index is 12.3. The van der Waals surface area contributed by atoms with Crippen LogP contribution in [0.15, 0.2) is 24.3 Å². The third-order valence-corrected chi connectivity index (χ3v) is 6.60. The predicted molar refractivity (Wildman–Crippen MR) is 101 cm³/mol. The highest BCUT2D eigenvalue weighted by atomic mass is 32.2. The zero-order chi connectivity index (χ0) is 18.0. The van der Waals surface area contributed by atoms with Crippen molar-refractivity contribution in [3.05, 3.63) is 29.1 Å². The summed E-state index contributed by atoms with van der Waals surface area (Å²) in [7, 11) is -3.32. The molecule has 25 heavy (non-hydrogen) atoms. The molecule has 1 saturated heterocycles. The monoisotopic (exact) mass is 382 g/mol. The largest absolute Gasteiger partial charge is 0.376 e. The lowest BCUT2D eigenvalue weighted by molar-refractivity contribution is 0.0861. The van der Waals surface area contributed by atoms with Crippen LogP contribution in [-0.4, -0.2) is 46.4 Å². The van der Waals surface area contributed by atoms with Crippen molar-refractivity contribution in [1.29, 1.82) is 0 Å². The first-order valence-electron chi connectivity index (χ1n) is 8.29. The molecule has 1 aromatic carbocycles. The Labute approximate surface area is 151 Å². The van der Waals surface area contributed by atoms with Crippen molar-refractivity contribution in [3.8, 4) is 0 Å². The second kappa shape index (κ2) is 7.31. The van der Waals surface area contributed by atoms with Crippen LogP contribution in [0.25, 0.3) is 10.1 Å². The first-order chi connectivity index (χ1) is 11.9. The van der Waals surface area contributed by atoms with Gasteiger partial charge in [-0.1, -0.05) is 0 Å². The molecule has 1 atom stereocenters. The van der Waals surface area contributed by atoms with Gasteiger partial charge in [0.15, 0.2) is 0 Å². The molecule has 1 N–H and O–H groups in total. The molecule has 8 heteroatoms. The zero-order valence-electron chi connectivity index (χ0n) is 14.3. The number of thiophene rings is 1. The van der Waals surface area contributed by atoms with E-state index in [-0.39, 0.29) is 12.0 Å². The van der Waals surface area contributed by atoms with Crippen molar-refractivity contribution in [1.82, 2.24) is 5.32 Å². The fraction of sp³-hybridized carbons (Fsp3) is 0.471. The Morgan fingerprint density at radius 3 is 2.84 bits per heavy atom. The van der Waals surface area contributed by atoms with E-state index in [1.54, 1.807) is 13.0 Å².